The summed E-state index contributed by atoms with van der Waals surface area (Å²) in [5.74, 6) is 0.569. The van der Waals surface area contributed by atoms with Gasteiger partial charge in [0.2, 0.25) is 0 Å². The van der Waals surface area contributed by atoms with E-state index in [2.05, 4.69) is 24.2 Å². The average Bonchev–Trinajstić information content (AvgIpc) is 2.95. The van der Waals surface area contributed by atoms with Gasteiger partial charge in [-0.2, -0.15) is 0 Å². The van der Waals surface area contributed by atoms with Crippen molar-refractivity contribution >= 4 is 17.9 Å². The van der Waals surface area contributed by atoms with E-state index < -0.39 is 5.54 Å². The number of nitrogens with one attached hydrogen (secondary N) is 1. The lowest BCUT2D eigenvalue weighted by atomic mass is 9.91. The van der Waals surface area contributed by atoms with Gasteiger partial charge in [0.05, 0.1) is 6.54 Å². The molecule has 0 saturated carbocycles. The number of urea groups is 1. The molecule has 0 aromatic heterocycles. The minimum absolute atomic E-state index is 0.0542. The van der Waals surface area contributed by atoms with Gasteiger partial charge in [0, 0.05) is 20.1 Å². The van der Waals surface area contributed by atoms with E-state index in [9.17, 15) is 9.59 Å². The van der Waals surface area contributed by atoms with Gasteiger partial charge in [0.15, 0.2) is 5.96 Å². The van der Waals surface area contributed by atoms with E-state index in [1.54, 1.807) is 16.8 Å². The molecule has 2 aromatic rings. The van der Waals surface area contributed by atoms with Crippen LogP contribution in [0.25, 0.3) is 0 Å². The summed E-state index contributed by atoms with van der Waals surface area (Å²) >= 11 is 0. The van der Waals surface area contributed by atoms with E-state index in [-0.39, 0.29) is 17.9 Å². The van der Waals surface area contributed by atoms with Crippen LogP contribution in [0.1, 0.15) is 43.9 Å². The summed E-state index contributed by atoms with van der Waals surface area (Å²) in [5, 5.41) is 2.94. The van der Waals surface area contributed by atoms with Crippen LogP contribution in [0.2, 0.25) is 0 Å². The van der Waals surface area contributed by atoms with Crippen molar-refractivity contribution in [2.24, 2.45) is 16.6 Å². The highest BCUT2D eigenvalue weighted by Gasteiger charge is 2.43. The summed E-state index contributed by atoms with van der Waals surface area (Å²) in [5.41, 5.74) is 8.30. The maximum atomic E-state index is 12.9. The topological polar surface area (TPSA) is 91.0 Å². The summed E-state index contributed by atoms with van der Waals surface area (Å²) in [7, 11) is 1.78. The largest absolute Gasteiger partial charge is 0.369 e. The van der Waals surface area contributed by atoms with Gasteiger partial charge in [-0.15, -0.1) is 0 Å². The molecule has 1 atom stereocenters. The molecule has 32 heavy (non-hydrogen) atoms. The second kappa shape index (κ2) is 9.85. The molecule has 2 aromatic carbocycles. The average molecular weight is 436 g/mol. The molecule has 1 aliphatic rings. The standard InChI is InChI=1S/C25H33N5O2/c1-18(2)14-25(3)22(31)30(23(26)28-25)17-21-12-10-19(11-13-21)15-27-24(32)29(4)16-20-8-6-5-7-9-20/h5-13,18H,14-17H2,1-4H3,(H2,26,28)(H,27,32). The summed E-state index contributed by atoms with van der Waals surface area (Å²) in [6.45, 7) is 7.36. The monoisotopic (exact) mass is 435 g/mol. The van der Waals surface area contributed by atoms with Gasteiger partial charge < -0.3 is 16.0 Å². The first-order valence-corrected chi connectivity index (χ1v) is 11.0. The van der Waals surface area contributed by atoms with Crippen LogP contribution < -0.4 is 11.1 Å². The van der Waals surface area contributed by atoms with Crippen molar-refractivity contribution in [1.29, 1.82) is 0 Å². The van der Waals surface area contributed by atoms with Crippen molar-refractivity contribution in [3.63, 3.8) is 0 Å². The lowest BCUT2D eigenvalue weighted by molar-refractivity contribution is -0.131. The SMILES string of the molecule is CC(C)CC1(C)N=C(N)N(Cc2ccc(CNC(=O)N(C)Cc3ccccc3)cc2)C1=O. The molecule has 0 spiro atoms. The highest BCUT2D eigenvalue weighted by Crippen LogP contribution is 2.29. The zero-order valence-electron chi connectivity index (χ0n) is 19.3. The molecule has 0 bridgehead atoms. The Bertz CT molecular complexity index is 972. The van der Waals surface area contributed by atoms with Gasteiger partial charge in [-0.05, 0) is 36.0 Å². The molecular formula is C25H33N5O2. The van der Waals surface area contributed by atoms with E-state index in [0.29, 0.717) is 32.0 Å². The Morgan fingerprint density at radius 2 is 1.72 bits per heavy atom. The van der Waals surface area contributed by atoms with Crippen LogP contribution in [0.4, 0.5) is 4.79 Å². The van der Waals surface area contributed by atoms with Gasteiger partial charge in [0.1, 0.15) is 5.54 Å². The van der Waals surface area contributed by atoms with Gasteiger partial charge in [0.25, 0.3) is 5.91 Å². The summed E-state index contributed by atoms with van der Waals surface area (Å²) < 4.78 is 0. The summed E-state index contributed by atoms with van der Waals surface area (Å²) in [4.78, 5) is 32.9. The third-order valence-corrected chi connectivity index (χ3v) is 5.57. The number of carbonyl (C=O) groups excluding carboxylic acids is 2. The van der Waals surface area contributed by atoms with Crippen LogP contribution in [0.3, 0.4) is 0 Å². The van der Waals surface area contributed by atoms with Crippen molar-refractivity contribution in [3.05, 3.63) is 71.3 Å². The third-order valence-electron chi connectivity index (χ3n) is 5.57. The van der Waals surface area contributed by atoms with Crippen molar-refractivity contribution < 1.29 is 9.59 Å². The number of guanidine groups is 1. The number of aliphatic imine (C=N–C) groups is 1. The molecule has 7 nitrogen and oxygen atoms in total. The third kappa shape index (κ3) is 5.66. The molecule has 0 radical (unpaired) electrons. The van der Waals surface area contributed by atoms with Crippen molar-refractivity contribution in [1.82, 2.24) is 15.1 Å². The Labute approximate surface area is 190 Å². The lowest BCUT2D eigenvalue weighted by Crippen LogP contribution is -2.43. The van der Waals surface area contributed by atoms with Gasteiger partial charge >= 0.3 is 6.03 Å². The maximum Gasteiger partial charge on any atom is 0.317 e. The predicted molar refractivity (Wildman–Crippen MR) is 127 cm³/mol. The Hall–Kier alpha value is -3.35. The van der Waals surface area contributed by atoms with E-state index >= 15 is 0 Å². The summed E-state index contributed by atoms with van der Waals surface area (Å²) in [6.07, 6.45) is 0.667. The van der Waals surface area contributed by atoms with Crippen LogP contribution in [-0.2, 0) is 24.4 Å². The van der Waals surface area contributed by atoms with Crippen LogP contribution >= 0.6 is 0 Å². The molecule has 1 unspecified atom stereocenters. The van der Waals surface area contributed by atoms with Crippen molar-refractivity contribution in [2.45, 2.75) is 52.4 Å². The Morgan fingerprint density at radius 3 is 2.34 bits per heavy atom. The first-order valence-electron chi connectivity index (χ1n) is 11.0. The van der Waals surface area contributed by atoms with Crippen LogP contribution in [0.15, 0.2) is 59.6 Å². The minimum Gasteiger partial charge on any atom is -0.369 e. The lowest BCUT2D eigenvalue weighted by Gasteiger charge is -2.23. The second-order valence-corrected chi connectivity index (χ2v) is 9.05. The quantitative estimate of drug-likeness (QED) is 0.665. The molecule has 0 fully saturated rings. The molecule has 3 N–H and O–H groups in total. The van der Waals surface area contributed by atoms with Crippen molar-refractivity contribution in [3.8, 4) is 0 Å². The molecule has 170 valence electrons. The summed E-state index contributed by atoms with van der Waals surface area (Å²) in [6, 6.07) is 17.6. The number of amides is 3. The highest BCUT2D eigenvalue weighted by atomic mass is 16.2. The van der Waals surface area contributed by atoms with Gasteiger partial charge in [-0.3, -0.25) is 9.69 Å². The van der Waals surface area contributed by atoms with Crippen LogP contribution in [0, 0.1) is 5.92 Å². The molecule has 7 heteroatoms. The Balaban J connectivity index is 1.52. The molecule has 1 heterocycles. The second-order valence-electron chi connectivity index (χ2n) is 9.05. The first kappa shape index (κ1) is 23.3. The van der Waals surface area contributed by atoms with Crippen LogP contribution in [0.5, 0.6) is 0 Å². The first-order chi connectivity index (χ1) is 15.2. The number of benzene rings is 2. The van der Waals surface area contributed by atoms with E-state index in [1.807, 2.05) is 61.5 Å². The van der Waals surface area contributed by atoms with Crippen LogP contribution in [-0.4, -0.2) is 40.3 Å². The predicted octanol–water partition coefficient (Wildman–Crippen LogP) is 3.49. The molecule has 3 rings (SSSR count). The smallest absolute Gasteiger partial charge is 0.317 e. The molecular weight excluding hydrogens is 402 g/mol. The maximum absolute atomic E-state index is 12.9. The normalized spacial score (nSPS) is 18.1. The number of nitrogens with zero attached hydrogens (tertiary/aromatic N) is 3. The van der Waals surface area contributed by atoms with E-state index in [0.717, 1.165) is 16.7 Å². The fourth-order valence-corrected chi connectivity index (χ4v) is 4.02. The molecule has 0 aliphatic carbocycles. The Morgan fingerprint density at radius 1 is 1.09 bits per heavy atom. The fourth-order valence-electron chi connectivity index (χ4n) is 4.02. The van der Waals surface area contributed by atoms with E-state index in [1.165, 1.54) is 0 Å². The number of hydrogen-bond donors (Lipinski definition) is 2. The zero-order chi connectivity index (χ0) is 23.3. The van der Waals surface area contributed by atoms with Crippen molar-refractivity contribution in [2.75, 3.05) is 7.05 Å². The number of nitrogens with two attached hydrogens (primary N) is 1. The number of rotatable bonds is 8. The number of hydrogen-bond acceptors (Lipinski definition) is 4. The van der Waals surface area contributed by atoms with E-state index in [4.69, 9.17) is 5.73 Å². The Kier molecular flexibility index (Phi) is 7.18. The zero-order valence-corrected chi connectivity index (χ0v) is 19.3. The highest BCUT2D eigenvalue weighted by molar-refractivity contribution is 6.06. The molecule has 3 amide bonds. The number of carbonyl (C=O) groups is 2. The van der Waals surface area contributed by atoms with Gasteiger partial charge in [-0.1, -0.05) is 68.4 Å². The molecule has 1 aliphatic heterocycles. The molecule has 0 saturated heterocycles. The fraction of sp³-hybridized carbons (Fsp3) is 0.400. The van der Waals surface area contributed by atoms with Gasteiger partial charge in [-0.25, -0.2) is 9.79 Å². The minimum atomic E-state index is -0.783.